The van der Waals surface area contributed by atoms with Crippen LogP contribution in [-0.2, 0) is 24.8 Å². The first-order chi connectivity index (χ1) is 13.3. The number of hydrogen-bond donors (Lipinski definition) is 0. The zero-order valence-corrected chi connectivity index (χ0v) is 15.8. The van der Waals surface area contributed by atoms with Gasteiger partial charge < -0.3 is 13.8 Å². The lowest BCUT2D eigenvalue weighted by molar-refractivity contribution is 0.00639. The molecule has 3 heterocycles. The minimum absolute atomic E-state index is 0.329. The quantitative estimate of drug-likeness (QED) is 0.642. The van der Waals surface area contributed by atoms with E-state index in [0.29, 0.717) is 30.8 Å². The van der Waals surface area contributed by atoms with Crippen molar-refractivity contribution in [3.05, 3.63) is 60.2 Å². The van der Waals surface area contributed by atoms with Crippen molar-refractivity contribution < 1.29 is 9.26 Å². The molecule has 3 aromatic rings. The lowest BCUT2D eigenvalue weighted by Gasteiger charge is -2.31. The van der Waals surface area contributed by atoms with Crippen LogP contribution in [0.4, 0.5) is 0 Å². The molecule has 4 rings (SSSR count). The molecule has 6 nitrogen and oxygen atoms in total. The van der Waals surface area contributed by atoms with Gasteiger partial charge in [-0.25, -0.2) is 0 Å². The molecule has 0 unspecified atom stereocenters. The summed E-state index contributed by atoms with van der Waals surface area (Å²) in [4.78, 5) is 6.96. The molecule has 0 amide bonds. The highest BCUT2D eigenvalue weighted by Crippen LogP contribution is 2.18. The third-order valence-electron chi connectivity index (χ3n) is 5.14. The normalized spacial score (nSPS) is 16.0. The molecule has 0 atom stereocenters. The van der Waals surface area contributed by atoms with E-state index < -0.39 is 0 Å². The SMILES string of the molecule is Cn1cccc1CN1CCC(OCCc2noc(-c3ccccc3)n2)CC1. The van der Waals surface area contributed by atoms with E-state index in [9.17, 15) is 0 Å². The molecule has 0 aliphatic carbocycles. The van der Waals surface area contributed by atoms with E-state index >= 15 is 0 Å². The lowest BCUT2D eigenvalue weighted by atomic mass is 10.1. The van der Waals surface area contributed by atoms with E-state index in [1.807, 2.05) is 30.3 Å². The van der Waals surface area contributed by atoms with Crippen LogP contribution in [0.2, 0.25) is 0 Å². The van der Waals surface area contributed by atoms with E-state index in [4.69, 9.17) is 9.26 Å². The number of aryl methyl sites for hydroxylation is 1. The second-order valence-electron chi connectivity index (χ2n) is 7.09. The van der Waals surface area contributed by atoms with Crippen LogP contribution in [-0.4, -0.2) is 45.4 Å². The van der Waals surface area contributed by atoms with Gasteiger partial charge in [-0.1, -0.05) is 23.4 Å². The Morgan fingerprint density at radius 3 is 2.67 bits per heavy atom. The van der Waals surface area contributed by atoms with E-state index in [0.717, 1.165) is 38.0 Å². The number of ether oxygens (including phenoxy) is 1. The van der Waals surface area contributed by atoms with Crippen molar-refractivity contribution in [3.8, 4) is 11.5 Å². The van der Waals surface area contributed by atoms with Crippen molar-refractivity contribution >= 4 is 0 Å². The van der Waals surface area contributed by atoms with Crippen LogP contribution in [0.25, 0.3) is 11.5 Å². The standard InChI is InChI=1S/C21H26N4O2/c1-24-12-5-8-18(24)16-25-13-9-19(10-14-25)26-15-11-20-22-21(27-23-20)17-6-3-2-4-7-17/h2-8,12,19H,9-11,13-16H2,1H3. The first-order valence-electron chi connectivity index (χ1n) is 9.60. The summed E-state index contributed by atoms with van der Waals surface area (Å²) in [7, 11) is 2.10. The van der Waals surface area contributed by atoms with Crippen LogP contribution < -0.4 is 0 Å². The Hall–Kier alpha value is -2.44. The second-order valence-corrected chi connectivity index (χ2v) is 7.09. The van der Waals surface area contributed by atoms with Crippen LogP contribution in [0.5, 0.6) is 0 Å². The summed E-state index contributed by atoms with van der Waals surface area (Å²) < 4.78 is 13.6. The third-order valence-corrected chi connectivity index (χ3v) is 5.14. The van der Waals surface area contributed by atoms with Crippen LogP contribution in [0.15, 0.2) is 53.2 Å². The van der Waals surface area contributed by atoms with Crippen molar-refractivity contribution in [2.45, 2.75) is 31.9 Å². The third kappa shape index (κ3) is 4.64. The van der Waals surface area contributed by atoms with Crippen molar-refractivity contribution in [2.24, 2.45) is 7.05 Å². The smallest absolute Gasteiger partial charge is 0.257 e. The van der Waals surface area contributed by atoms with Gasteiger partial charge in [-0.15, -0.1) is 0 Å². The molecule has 1 aromatic carbocycles. The Kier molecular flexibility index (Phi) is 5.65. The summed E-state index contributed by atoms with van der Waals surface area (Å²) in [6.45, 7) is 3.81. The summed E-state index contributed by atoms with van der Waals surface area (Å²) in [5.74, 6) is 1.27. The van der Waals surface area contributed by atoms with Crippen LogP contribution in [0.1, 0.15) is 24.4 Å². The molecule has 0 saturated carbocycles. The predicted octanol–water partition coefficient (Wildman–Crippen LogP) is 3.30. The lowest BCUT2D eigenvalue weighted by Crippen LogP contribution is -2.37. The molecule has 0 bridgehead atoms. The predicted molar refractivity (Wildman–Crippen MR) is 103 cm³/mol. The highest BCUT2D eigenvalue weighted by Gasteiger charge is 2.20. The number of hydrogen-bond acceptors (Lipinski definition) is 5. The fraction of sp³-hybridized carbons (Fsp3) is 0.429. The zero-order chi connectivity index (χ0) is 18.5. The number of nitrogens with zero attached hydrogens (tertiary/aromatic N) is 4. The summed E-state index contributed by atoms with van der Waals surface area (Å²) in [6, 6.07) is 14.1. The zero-order valence-electron chi connectivity index (χ0n) is 15.8. The van der Waals surface area contributed by atoms with Gasteiger partial charge in [0.05, 0.1) is 12.7 Å². The van der Waals surface area contributed by atoms with E-state index in [1.165, 1.54) is 5.69 Å². The Labute approximate surface area is 159 Å². The van der Waals surface area contributed by atoms with Crippen LogP contribution in [0, 0.1) is 0 Å². The number of piperidine rings is 1. The Morgan fingerprint density at radius 2 is 1.93 bits per heavy atom. The minimum atomic E-state index is 0.329. The molecular formula is C21H26N4O2. The maximum Gasteiger partial charge on any atom is 0.257 e. The molecule has 6 heteroatoms. The van der Waals surface area contributed by atoms with Gasteiger partial charge >= 0.3 is 0 Å². The molecule has 0 N–H and O–H groups in total. The van der Waals surface area contributed by atoms with Gasteiger partial charge in [-0.2, -0.15) is 4.98 Å². The highest BCUT2D eigenvalue weighted by molar-refractivity contribution is 5.51. The maximum atomic E-state index is 6.06. The number of likely N-dealkylation sites (tertiary alicyclic amines) is 1. The Bertz CT molecular complexity index is 835. The van der Waals surface area contributed by atoms with Gasteiger partial charge in [0.25, 0.3) is 5.89 Å². The highest BCUT2D eigenvalue weighted by atomic mass is 16.5. The van der Waals surface area contributed by atoms with Gasteiger partial charge in [-0.3, -0.25) is 4.90 Å². The number of rotatable bonds is 7. The monoisotopic (exact) mass is 366 g/mol. The molecule has 0 radical (unpaired) electrons. The van der Waals surface area contributed by atoms with Crippen molar-refractivity contribution in [3.63, 3.8) is 0 Å². The maximum absolute atomic E-state index is 6.06. The van der Waals surface area contributed by atoms with E-state index in [-0.39, 0.29) is 0 Å². The minimum Gasteiger partial charge on any atom is -0.378 e. The second kappa shape index (κ2) is 8.50. The molecule has 142 valence electrons. The van der Waals surface area contributed by atoms with Crippen LogP contribution in [0.3, 0.4) is 0 Å². The summed E-state index contributed by atoms with van der Waals surface area (Å²) >= 11 is 0. The average Bonchev–Trinajstić information content (AvgIpc) is 3.33. The average molecular weight is 366 g/mol. The number of aromatic nitrogens is 3. The molecule has 27 heavy (non-hydrogen) atoms. The van der Waals surface area contributed by atoms with Gasteiger partial charge in [0.1, 0.15) is 0 Å². The van der Waals surface area contributed by atoms with Crippen molar-refractivity contribution in [1.82, 2.24) is 19.6 Å². The van der Waals surface area contributed by atoms with Gasteiger partial charge in [0.15, 0.2) is 5.82 Å². The molecule has 1 aliphatic rings. The van der Waals surface area contributed by atoms with Crippen molar-refractivity contribution in [1.29, 1.82) is 0 Å². The fourth-order valence-electron chi connectivity index (χ4n) is 3.49. The topological polar surface area (TPSA) is 56.3 Å². The van der Waals surface area contributed by atoms with E-state index in [2.05, 4.69) is 45.0 Å². The molecular weight excluding hydrogens is 340 g/mol. The first kappa shape index (κ1) is 17.9. The Morgan fingerprint density at radius 1 is 1.11 bits per heavy atom. The fourth-order valence-corrected chi connectivity index (χ4v) is 3.49. The van der Waals surface area contributed by atoms with E-state index in [1.54, 1.807) is 0 Å². The summed E-state index contributed by atoms with van der Waals surface area (Å²) in [5, 5.41) is 4.06. The molecule has 2 aromatic heterocycles. The molecule has 1 aliphatic heterocycles. The van der Waals surface area contributed by atoms with Gasteiger partial charge in [0.2, 0.25) is 0 Å². The Balaban J connectivity index is 1.19. The van der Waals surface area contributed by atoms with Gasteiger partial charge in [0, 0.05) is 50.6 Å². The largest absolute Gasteiger partial charge is 0.378 e. The molecule has 0 spiro atoms. The summed E-state index contributed by atoms with van der Waals surface area (Å²) in [5.41, 5.74) is 2.31. The van der Waals surface area contributed by atoms with Gasteiger partial charge in [-0.05, 0) is 37.1 Å². The van der Waals surface area contributed by atoms with Crippen LogP contribution >= 0.6 is 0 Å². The number of benzene rings is 1. The molecule has 1 fully saturated rings. The first-order valence-corrected chi connectivity index (χ1v) is 9.60. The summed E-state index contributed by atoms with van der Waals surface area (Å²) in [6.07, 6.45) is 5.26. The molecule has 1 saturated heterocycles. The van der Waals surface area contributed by atoms with Crippen molar-refractivity contribution in [2.75, 3.05) is 19.7 Å².